The lowest BCUT2D eigenvalue weighted by Gasteiger charge is -2.15. The van der Waals surface area contributed by atoms with Crippen molar-refractivity contribution < 1.29 is 23.1 Å². The Morgan fingerprint density at radius 1 is 1.10 bits per heavy atom. The molecular weight excluding hydrogens is 271 g/mol. The van der Waals surface area contributed by atoms with Crippen molar-refractivity contribution in [2.24, 2.45) is 0 Å². The van der Waals surface area contributed by atoms with E-state index in [0.717, 1.165) is 5.69 Å². The summed E-state index contributed by atoms with van der Waals surface area (Å²) in [5.74, 6) is -1.73. The lowest BCUT2D eigenvalue weighted by Crippen LogP contribution is -2.21. The van der Waals surface area contributed by atoms with Crippen LogP contribution in [0, 0.1) is 0 Å². The second kappa shape index (κ2) is 7.17. The second-order valence-corrected chi connectivity index (χ2v) is 4.96. The van der Waals surface area contributed by atoms with Gasteiger partial charge in [-0.1, -0.05) is 45.9 Å². The van der Waals surface area contributed by atoms with Crippen LogP contribution < -0.4 is 5.73 Å². The van der Waals surface area contributed by atoms with E-state index in [9.17, 15) is 13.2 Å². The van der Waals surface area contributed by atoms with Gasteiger partial charge in [0, 0.05) is 5.69 Å². The van der Waals surface area contributed by atoms with E-state index in [-0.39, 0.29) is 0 Å². The first kappa shape index (κ1) is 18.3. The van der Waals surface area contributed by atoms with Crippen LogP contribution in [0.4, 0.5) is 18.9 Å². The van der Waals surface area contributed by atoms with E-state index in [2.05, 4.69) is 45.9 Å². The Hall–Kier alpha value is -1.72. The smallest absolute Gasteiger partial charge is 0.475 e. The molecule has 20 heavy (non-hydrogen) atoms. The fourth-order valence-electron chi connectivity index (χ4n) is 1.61. The number of hydrogen-bond donors (Lipinski definition) is 2. The topological polar surface area (TPSA) is 63.3 Å². The van der Waals surface area contributed by atoms with Gasteiger partial charge < -0.3 is 10.8 Å². The van der Waals surface area contributed by atoms with Gasteiger partial charge in [-0.05, 0) is 23.0 Å². The molecule has 114 valence electrons. The number of hydrogen-bond acceptors (Lipinski definition) is 2. The summed E-state index contributed by atoms with van der Waals surface area (Å²) in [5, 5.41) is 7.12. The summed E-state index contributed by atoms with van der Waals surface area (Å²) in [6.45, 7) is 8.71. The Morgan fingerprint density at radius 3 is 1.60 bits per heavy atom. The number of rotatable bonds is 2. The van der Waals surface area contributed by atoms with Crippen LogP contribution in [-0.2, 0) is 4.79 Å². The summed E-state index contributed by atoms with van der Waals surface area (Å²) in [6.07, 6.45) is -5.08. The van der Waals surface area contributed by atoms with Crippen LogP contribution >= 0.6 is 0 Å². The van der Waals surface area contributed by atoms with Crippen LogP contribution in [-0.4, -0.2) is 17.3 Å². The quantitative estimate of drug-likeness (QED) is 0.805. The number of nitrogens with two attached hydrogens (primary N) is 1. The lowest BCUT2D eigenvalue weighted by atomic mass is 9.93. The molecule has 6 heteroatoms. The maximum atomic E-state index is 10.6. The normalized spacial score (nSPS) is 11.2. The Labute approximate surface area is 116 Å². The molecule has 0 bridgehead atoms. The van der Waals surface area contributed by atoms with Crippen molar-refractivity contribution in [2.75, 3.05) is 5.73 Å². The SMILES string of the molecule is CC(C)c1cccc(C(C)C)c1N.O=C(O)C(F)(F)F. The highest BCUT2D eigenvalue weighted by atomic mass is 19.4. The van der Waals surface area contributed by atoms with Gasteiger partial charge in [-0.15, -0.1) is 0 Å². The molecule has 0 heterocycles. The third kappa shape index (κ3) is 5.50. The number of anilines is 1. The highest BCUT2D eigenvalue weighted by Gasteiger charge is 2.38. The summed E-state index contributed by atoms with van der Waals surface area (Å²) in [5.41, 5.74) is 9.60. The van der Waals surface area contributed by atoms with Crippen molar-refractivity contribution in [1.29, 1.82) is 0 Å². The van der Waals surface area contributed by atoms with E-state index >= 15 is 0 Å². The molecule has 0 aliphatic rings. The molecule has 0 amide bonds. The first-order chi connectivity index (χ1) is 8.98. The molecule has 0 aromatic heterocycles. The predicted octanol–water partition coefficient (Wildman–Crippen LogP) is 4.15. The number of nitrogen functional groups attached to an aromatic ring is 1. The van der Waals surface area contributed by atoms with Crippen LogP contribution in [0.5, 0.6) is 0 Å². The Balaban J connectivity index is 0.000000441. The van der Waals surface area contributed by atoms with Crippen LogP contribution in [0.3, 0.4) is 0 Å². The molecule has 1 aromatic rings. The molecule has 3 N–H and O–H groups in total. The molecule has 3 nitrogen and oxygen atoms in total. The van der Waals surface area contributed by atoms with Crippen molar-refractivity contribution in [2.45, 2.75) is 45.7 Å². The monoisotopic (exact) mass is 291 g/mol. The molecule has 0 spiro atoms. The van der Waals surface area contributed by atoms with E-state index in [4.69, 9.17) is 15.6 Å². The minimum Gasteiger partial charge on any atom is -0.475 e. The molecule has 0 fully saturated rings. The molecule has 0 saturated heterocycles. The fraction of sp³-hybridized carbons (Fsp3) is 0.500. The summed E-state index contributed by atoms with van der Waals surface area (Å²) in [6, 6.07) is 6.33. The van der Waals surface area contributed by atoms with E-state index in [1.165, 1.54) is 11.1 Å². The van der Waals surface area contributed by atoms with Crippen molar-refractivity contribution in [3.05, 3.63) is 29.3 Å². The predicted molar refractivity (Wildman–Crippen MR) is 72.7 cm³/mol. The highest BCUT2D eigenvalue weighted by molar-refractivity contribution is 5.73. The van der Waals surface area contributed by atoms with E-state index < -0.39 is 12.1 Å². The summed E-state index contributed by atoms with van der Waals surface area (Å²) >= 11 is 0. The van der Waals surface area contributed by atoms with Crippen molar-refractivity contribution in [1.82, 2.24) is 0 Å². The second-order valence-electron chi connectivity index (χ2n) is 4.96. The number of aliphatic carboxylic acids is 1. The summed E-state index contributed by atoms with van der Waals surface area (Å²) < 4.78 is 31.7. The third-order valence-corrected chi connectivity index (χ3v) is 2.66. The zero-order chi connectivity index (χ0) is 16.1. The molecule has 1 rings (SSSR count). The van der Waals surface area contributed by atoms with Gasteiger partial charge >= 0.3 is 12.1 Å². The number of carboxylic acid groups (broad SMARTS) is 1. The standard InChI is InChI=1S/C12H19N.C2HF3O2/c1-8(2)10-6-5-7-11(9(3)4)12(10)13;3-2(4,5)1(6)7/h5-9H,13H2,1-4H3;(H,6,7). The van der Waals surface area contributed by atoms with Gasteiger partial charge in [0.25, 0.3) is 0 Å². The maximum Gasteiger partial charge on any atom is 0.490 e. The first-order valence-electron chi connectivity index (χ1n) is 6.16. The van der Waals surface area contributed by atoms with E-state index in [1.54, 1.807) is 0 Å². The minimum atomic E-state index is -5.08. The average molecular weight is 291 g/mol. The van der Waals surface area contributed by atoms with Gasteiger partial charge in [0.1, 0.15) is 0 Å². The number of carbonyl (C=O) groups is 1. The van der Waals surface area contributed by atoms with E-state index in [1.807, 2.05) is 0 Å². The molecular formula is C14H20F3NO2. The number of carboxylic acids is 1. The van der Waals surface area contributed by atoms with Crippen molar-refractivity contribution >= 4 is 11.7 Å². The lowest BCUT2D eigenvalue weighted by molar-refractivity contribution is -0.192. The Kier molecular flexibility index (Phi) is 6.55. The van der Waals surface area contributed by atoms with Gasteiger partial charge in [-0.3, -0.25) is 0 Å². The van der Waals surface area contributed by atoms with Gasteiger partial charge in [-0.2, -0.15) is 13.2 Å². The van der Waals surface area contributed by atoms with Crippen LogP contribution in [0.25, 0.3) is 0 Å². The molecule has 1 aromatic carbocycles. The molecule has 0 aliphatic heterocycles. The zero-order valence-electron chi connectivity index (χ0n) is 12.0. The highest BCUT2D eigenvalue weighted by Crippen LogP contribution is 2.29. The minimum absolute atomic E-state index is 0.513. The van der Waals surface area contributed by atoms with Gasteiger partial charge in [0.2, 0.25) is 0 Å². The van der Waals surface area contributed by atoms with Crippen LogP contribution in [0.2, 0.25) is 0 Å². The van der Waals surface area contributed by atoms with Crippen LogP contribution in [0.15, 0.2) is 18.2 Å². The maximum absolute atomic E-state index is 10.6. The number of benzene rings is 1. The van der Waals surface area contributed by atoms with Crippen LogP contribution in [0.1, 0.15) is 50.7 Å². The number of alkyl halides is 3. The molecule has 0 saturated carbocycles. The molecule has 0 aliphatic carbocycles. The fourth-order valence-corrected chi connectivity index (χ4v) is 1.61. The third-order valence-electron chi connectivity index (χ3n) is 2.66. The number of halogens is 3. The summed E-state index contributed by atoms with van der Waals surface area (Å²) in [7, 11) is 0. The number of para-hydroxylation sites is 1. The Bertz CT molecular complexity index is 428. The first-order valence-corrected chi connectivity index (χ1v) is 6.16. The zero-order valence-corrected chi connectivity index (χ0v) is 12.0. The van der Waals surface area contributed by atoms with Gasteiger partial charge in [-0.25, -0.2) is 4.79 Å². The van der Waals surface area contributed by atoms with E-state index in [0.29, 0.717) is 11.8 Å². The van der Waals surface area contributed by atoms with Crippen molar-refractivity contribution in [3.8, 4) is 0 Å². The van der Waals surface area contributed by atoms with Gasteiger partial charge in [0.05, 0.1) is 0 Å². The molecule has 0 radical (unpaired) electrons. The van der Waals surface area contributed by atoms with Gasteiger partial charge in [0.15, 0.2) is 0 Å². The Morgan fingerprint density at radius 2 is 1.40 bits per heavy atom. The average Bonchev–Trinajstić information content (AvgIpc) is 2.27. The summed E-state index contributed by atoms with van der Waals surface area (Å²) in [4.78, 5) is 8.90. The largest absolute Gasteiger partial charge is 0.490 e. The van der Waals surface area contributed by atoms with Crippen molar-refractivity contribution in [3.63, 3.8) is 0 Å². The molecule has 0 atom stereocenters. The molecule has 0 unspecified atom stereocenters.